The predicted octanol–water partition coefficient (Wildman–Crippen LogP) is 5.31. The number of fused-ring (bicyclic) bond motifs is 1. The minimum Gasteiger partial charge on any atom is -0.462 e. The van der Waals surface area contributed by atoms with Crippen LogP contribution < -0.4 is 4.90 Å². The van der Waals surface area contributed by atoms with Gasteiger partial charge in [-0.2, -0.15) is 5.10 Å². The van der Waals surface area contributed by atoms with Gasteiger partial charge in [-0.3, -0.25) is 14.8 Å². The smallest absolute Gasteiger partial charge is 0.338 e. The van der Waals surface area contributed by atoms with Gasteiger partial charge in [0, 0.05) is 16.8 Å². The van der Waals surface area contributed by atoms with E-state index in [2.05, 4.69) is 10.2 Å². The molecule has 0 unspecified atom stereocenters. The number of aryl methyl sites for hydroxylation is 1. The summed E-state index contributed by atoms with van der Waals surface area (Å²) in [5.74, 6) is -0.540. The zero-order valence-corrected chi connectivity index (χ0v) is 18.4. The van der Waals surface area contributed by atoms with Crippen molar-refractivity contribution in [1.29, 1.82) is 0 Å². The summed E-state index contributed by atoms with van der Waals surface area (Å²) in [5, 5.41) is 7.48. The summed E-state index contributed by atoms with van der Waals surface area (Å²) in [6, 6.07) is 24.6. The molecule has 1 N–H and O–H groups in total. The van der Waals surface area contributed by atoms with Crippen molar-refractivity contribution >= 4 is 17.6 Å². The first-order valence-corrected chi connectivity index (χ1v) is 10.9. The van der Waals surface area contributed by atoms with Crippen molar-refractivity contribution in [2.75, 3.05) is 11.5 Å². The van der Waals surface area contributed by atoms with Crippen molar-refractivity contribution in [3.8, 4) is 11.3 Å². The molecule has 5 rings (SSSR count). The van der Waals surface area contributed by atoms with Crippen LogP contribution in [0.5, 0.6) is 0 Å². The highest BCUT2D eigenvalue weighted by atomic mass is 16.5. The molecule has 0 spiro atoms. The lowest BCUT2D eigenvalue weighted by Gasteiger charge is -2.26. The van der Waals surface area contributed by atoms with Crippen LogP contribution in [-0.2, 0) is 4.74 Å². The molecule has 1 aromatic heterocycles. The molecule has 0 bridgehead atoms. The number of anilines is 1. The Morgan fingerprint density at radius 3 is 2.36 bits per heavy atom. The van der Waals surface area contributed by atoms with Gasteiger partial charge < -0.3 is 4.74 Å². The van der Waals surface area contributed by atoms with E-state index in [4.69, 9.17) is 4.74 Å². The van der Waals surface area contributed by atoms with E-state index in [9.17, 15) is 9.59 Å². The molecular weight excluding hydrogens is 414 g/mol. The number of aromatic amines is 1. The average Bonchev–Trinajstić information content (AvgIpc) is 3.39. The number of carbonyl (C=O) groups excluding carboxylic acids is 2. The first kappa shape index (κ1) is 20.7. The normalized spacial score (nSPS) is 14.9. The Labute approximate surface area is 191 Å². The fourth-order valence-corrected chi connectivity index (χ4v) is 4.27. The van der Waals surface area contributed by atoms with E-state index in [1.165, 1.54) is 0 Å². The number of benzene rings is 3. The van der Waals surface area contributed by atoms with E-state index in [0.717, 1.165) is 27.9 Å². The van der Waals surface area contributed by atoms with Crippen molar-refractivity contribution in [2.45, 2.75) is 19.9 Å². The lowest BCUT2D eigenvalue weighted by Crippen LogP contribution is -2.29. The van der Waals surface area contributed by atoms with Crippen molar-refractivity contribution < 1.29 is 14.3 Å². The molecule has 3 aromatic carbocycles. The Kier molecular flexibility index (Phi) is 5.26. The third kappa shape index (κ3) is 3.59. The molecule has 4 aromatic rings. The number of nitrogens with one attached hydrogen (secondary N) is 1. The Morgan fingerprint density at radius 1 is 1.00 bits per heavy atom. The fourth-order valence-electron chi connectivity index (χ4n) is 4.27. The third-order valence-electron chi connectivity index (χ3n) is 5.87. The van der Waals surface area contributed by atoms with Gasteiger partial charge in [0.15, 0.2) is 0 Å². The molecule has 0 radical (unpaired) electrons. The molecule has 0 fully saturated rings. The monoisotopic (exact) mass is 437 g/mol. The highest BCUT2D eigenvalue weighted by molar-refractivity contribution is 6.11. The number of hydrogen-bond donors (Lipinski definition) is 1. The van der Waals surface area contributed by atoms with Crippen LogP contribution in [0.1, 0.15) is 50.5 Å². The molecule has 2 heterocycles. The standard InChI is InChI=1S/C27H23N3O3/c1-3-33-27(32)20-13-15-21(16-14-20)30-25(19-11-9-17(2)10-12-19)22-23(18-7-5-4-6-8-18)28-29-24(22)26(30)31/h4-16,25H,3H2,1-2H3,(H,28,29)/t25-/m1/s1. The van der Waals surface area contributed by atoms with Crippen molar-refractivity contribution in [3.63, 3.8) is 0 Å². The number of rotatable bonds is 5. The van der Waals surface area contributed by atoms with Crippen molar-refractivity contribution in [1.82, 2.24) is 10.2 Å². The van der Waals surface area contributed by atoms with E-state index in [1.807, 2.05) is 61.5 Å². The highest BCUT2D eigenvalue weighted by Crippen LogP contribution is 2.45. The molecule has 1 aliphatic rings. The quantitative estimate of drug-likeness (QED) is 0.429. The van der Waals surface area contributed by atoms with Gasteiger partial charge in [-0.1, -0.05) is 60.2 Å². The lowest BCUT2D eigenvalue weighted by molar-refractivity contribution is 0.0526. The van der Waals surface area contributed by atoms with Gasteiger partial charge in [0.1, 0.15) is 5.69 Å². The predicted molar refractivity (Wildman–Crippen MR) is 126 cm³/mol. The number of H-pyrrole nitrogens is 1. The van der Waals surface area contributed by atoms with E-state index in [1.54, 1.807) is 36.1 Å². The summed E-state index contributed by atoms with van der Waals surface area (Å²) < 4.78 is 5.09. The highest BCUT2D eigenvalue weighted by Gasteiger charge is 2.43. The SMILES string of the molecule is CCOC(=O)c1ccc(N2C(=O)c3[nH]nc(-c4ccccc4)c3[C@H]2c2ccc(C)cc2)cc1. The number of ether oxygens (including phenoxy) is 1. The van der Waals surface area contributed by atoms with Crippen LogP contribution in [0.25, 0.3) is 11.3 Å². The van der Waals surface area contributed by atoms with Gasteiger partial charge in [0.2, 0.25) is 0 Å². The number of aromatic nitrogens is 2. The number of esters is 1. The summed E-state index contributed by atoms with van der Waals surface area (Å²) in [5.41, 5.74) is 6.31. The van der Waals surface area contributed by atoms with E-state index in [-0.39, 0.29) is 17.9 Å². The van der Waals surface area contributed by atoms with Gasteiger partial charge in [-0.15, -0.1) is 0 Å². The summed E-state index contributed by atoms with van der Waals surface area (Å²) in [6.45, 7) is 4.12. The summed E-state index contributed by atoms with van der Waals surface area (Å²) in [7, 11) is 0. The van der Waals surface area contributed by atoms with Gasteiger partial charge in [0.05, 0.1) is 23.9 Å². The summed E-state index contributed by atoms with van der Waals surface area (Å²) in [4.78, 5) is 27.4. The first-order chi connectivity index (χ1) is 16.1. The van der Waals surface area contributed by atoms with Crippen LogP contribution in [0.4, 0.5) is 5.69 Å². The second kappa shape index (κ2) is 8.39. The maximum atomic E-state index is 13.6. The zero-order chi connectivity index (χ0) is 22.9. The number of amides is 1. The topological polar surface area (TPSA) is 75.3 Å². The van der Waals surface area contributed by atoms with Gasteiger partial charge in [-0.25, -0.2) is 4.79 Å². The molecule has 0 aliphatic carbocycles. The first-order valence-electron chi connectivity index (χ1n) is 10.9. The minimum absolute atomic E-state index is 0.158. The van der Waals surface area contributed by atoms with Crippen LogP contribution in [0.3, 0.4) is 0 Å². The minimum atomic E-state index is -0.382. The maximum Gasteiger partial charge on any atom is 0.338 e. The molecular formula is C27H23N3O3. The van der Waals surface area contributed by atoms with Crippen LogP contribution >= 0.6 is 0 Å². The zero-order valence-electron chi connectivity index (χ0n) is 18.4. The molecule has 0 saturated heterocycles. The second-order valence-corrected chi connectivity index (χ2v) is 7.98. The van der Waals surface area contributed by atoms with Gasteiger partial charge in [0.25, 0.3) is 5.91 Å². The van der Waals surface area contributed by atoms with Crippen molar-refractivity contribution in [2.24, 2.45) is 0 Å². The maximum absolute atomic E-state index is 13.6. The number of nitrogens with zero attached hydrogens (tertiary/aromatic N) is 2. The largest absolute Gasteiger partial charge is 0.462 e. The molecule has 0 saturated carbocycles. The number of hydrogen-bond acceptors (Lipinski definition) is 4. The van der Waals surface area contributed by atoms with Crippen molar-refractivity contribution in [3.05, 3.63) is 107 Å². The Bertz CT molecular complexity index is 1310. The molecule has 1 amide bonds. The van der Waals surface area contributed by atoms with Gasteiger partial charge >= 0.3 is 5.97 Å². The third-order valence-corrected chi connectivity index (χ3v) is 5.87. The summed E-state index contributed by atoms with van der Waals surface area (Å²) in [6.07, 6.45) is 0. The summed E-state index contributed by atoms with van der Waals surface area (Å²) >= 11 is 0. The van der Waals surface area contributed by atoms with Crippen LogP contribution in [0, 0.1) is 6.92 Å². The average molecular weight is 437 g/mol. The van der Waals surface area contributed by atoms with Crippen LogP contribution in [0.15, 0.2) is 78.9 Å². The van der Waals surface area contributed by atoms with E-state index < -0.39 is 0 Å². The Balaban J connectivity index is 1.63. The molecule has 6 heteroatoms. The van der Waals surface area contributed by atoms with Crippen LogP contribution in [0.2, 0.25) is 0 Å². The van der Waals surface area contributed by atoms with Crippen LogP contribution in [-0.4, -0.2) is 28.7 Å². The Morgan fingerprint density at radius 2 is 1.70 bits per heavy atom. The molecule has 164 valence electrons. The van der Waals surface area contributed by atoms with E-state index >= 15 is 0 Å². The lowest BCUT2D eigenvalue weighted by atomic mass is 9.95. The van der Waals surface area contributed by atoms with E-state index in [0.29, 0.717) is 23.6 Å². The molecule has 33 heavy (non-hydrogen) atoms. The number of carbonyl (C=O) groups is 2. The molecule has 1 atom stereocenters. The molecule has 1 aliphatic heterocycles. The fraction of sp³-hybridized carbons (Fsp3) is 0.148. The second-order valence-electron chi connectivity index (χ2n) is 7.98. The Hall–Kier alpha value is -4.19. The van der Waals surface area contributed by atoms with Gasteiger partial charge in [-0.05, 0) is 43.7 Å². The molecule has 6 nitrogen and oxygen atoms in total.